The van der Waals surface area contributed by atoms with Gasteiger partial charge in [-0.25, -0.2) is 0 Å². The number of rotatable bonds is 3. The van der Waals surface area contributed by atoms with Gasteiger partial charge in [0.25, 0.3) is 0 Å². The summed E-state index contributed by atoms with van der Waals surface area (Å²) in [5, 5.41) is 5.07. The Morgan fingerprint density at radius 1 is 0.652 bits per heavy atom. The predicted octanol–water partition coefficient (Wildman–Crippen LogP) is 5.61. The van der Waals surface area contributed by atoms with Crippen LogP contribution >= 0.6 is 0 Å². The lowest BCUT2D eigenvalue weighted by Crippen LogP contribution is -1.87. The highest BCUT2D eigenvalue weighted by Gasteiger charge is 1.98. The molecule has 4 aromatic carbocycles. The number of nitrogens with zero attached hydrogens (tertiary/aromatic N) is 1. The fourth-order valence-corrected chi connectivity index (χ4v) is 2.97. The van der Waals surface area contributed by atoms with Gasteiger partial charge in [-0.15, -0.1) is 0 Å². The maximum absolute atomic E-state index is 4.64. The lowest BCUT2D eigenvalue weighted by atomic mass is 10.0. The predicted molar refractivity (Wildman–Crippen MR) is 99.2 cm³/mol. The molecule has 0 aliphatic carbocycles. The van der Waals surface area contributed by atoms with Crippen LogP contribution in [0.4, 0.5) is 0 Å². The van der Waals surface area contributed by atoms with Gasteiger partial charge in [0.2, 0.25) is 0 Å². The van der Waals surface area contributed by atoms with Crippen LogP contribution in [-0.2, 0) is 6.54 Å². The molecule has 4 rings (SSSR count). The zero-order valence-electron chi connectivity index (χ0n) is 12.8. The van der Waals surface area contributed by atoms with Crippen LogP contribution in [0.3, 0.4) is 0 Å². The van der Waals surface area contributed by atoms with Gasteiger partial charge in [-0.05, 0) is 38.7 Å². The standard InChI is InChI=1S/C22H17N/c1-2-8-20-14-17(12-13-18(20)6-1)15-23-16-21-10-5-9-19-7-3-4-11-22(19)21/h1-15H,16H2. The van der Waals surface area contributed by atoms with Gasteiger partial charge in [-0.2, -0.15) is 0 Å². The molecular weight excluding hydrogens is 278 g/mol. The summed E-state index contributed by atoms with van der Waals surface area (Å²) in [4.78, 5) is 4.64. The van der Waals surface area contributed by atoms with Gasteiger partial charge in [0.1, 0.15) is 0 Å². The second kappa shape index (κ2) is 6.05. The van der Waals surface area contributed by atoms with Crippen LogP contribution in [0.5, 0.6) is 0 Å². The summed E-state index contributed by atoms with van der Waals surface area (Å²) in [6.07, 6.45) is 1.97. The van der Waals surface area contributed by atoms with E-state index in [4.69, 9.17) is 0 Å². The van der Waals surface area contributed by atoms with Crippen LogP contribution in [0.15, 0.2) is 89.9 Å². The Labute approximate surface area is 135 Å². The summed E-state index contributed by atoms with van der Waals surface area (Å²) in [5.74, 6) is 0. The minimum atomic E-state index is 0.703. The summed E-state index contributed by atoms with van der Waals surface area (Å²) in [7, 11) is 0. The van der Waals surface area contributed by atoms with Crippen molar-refractivity contribution >= 4 is 27.8 Å². The first-order valence-corrected chi connectivity index (χ1v) is 7.85. The fourth-order valence-electron chi connectivity index (χ4n) is 2.97. The van der Waals surface area contributed by atoms with E-state index in [1.54, 1.807) is 0 Å². The molecule has 0 atom stereocenters. The molecule has 0 spiro atoms. The quantitative estimate of drug-likeness (QED) is 0.435. The van der Waals surface area contributed by atoms with Crippen LogP contribution in [0.25, 0.3) is 21.5 Å². The molecule has 0 bridgehead atoms. The Morgan fingerprint density at radius 3 is 2.30 bits per heavy atom. The van der Waals surface area contributed by atoms with E-state index in [9.17, 15) is 0 Å². The van der Waals surface area contributed by atoms with E-state index in [0.717, 1.165) is 5.56 Å². The van der Waals surface area contributed by atoms with Crippen LogP contribution < -0.4 is 0 Å². The molecule has 110 valence electrons. The lowest BCUT2D eigenvalue weighted by Gasteiger charge is -2.03. The molecule has 0 saturated heterocycles. The second-order valence-corrected chi connectivity index (χ2v) is 5.71. The number of hydrogen-bond donors (Lipinski definition) is 0. The summed E-state index contributed by atoms with van der Waals surface area (Å²) in [6, 6.07) is 29.7. The SMILES string of the molecule is C(=NCc1cccc2ccccc12)c1ccc2ccccc2c1. The summed E-state index contributed by atoms with van der Waals surface area (Å²) in [5.41, 5.74) is 2.41. The van der Waals surface area contributed by atoms with Crippen molar-refractivity contribution in [2.45, 2.75) is 6.54 Å². The fraction of sp³-hybridized carbons (Fsp3) is 0.0455. The molecule has 0 amide bonds. The Balaban J connectivity index is 1.60. The number of benzene rings is 4. The summed E-state index contributed by atoms with van der Waals surface area (Å²) >= 11 is 0. The van der Waals surface area contributed by atoms with Crippen molar-refractivity contribution in [3.63, 3.8) is 0 Å². The Kier molecular flexibility index (Phi) is 3.61. The highest BCUT2D eigenvalue weighted by atomic mass is 14.7. The minimum Gasteiger partial charge on any atom is -0.288 e. The lowest BCUT2D eigenvalue weighted by molar-refractivity contribution is 1.09. The third-order valence-corrected chi connectivity index (χ3v) is 4.16. The first-order valence-electron chi connectivity index (χ1n) is 7.85. The van der Waals surface area contributed by atoms with E-state index < -0.39 is 0 Å². The second-order valence-electron chi connectivity index (χ2n) is 5.71. The van der Waals surface area contributed by atoms with Crippen molar-refractivity contribution in [1.29, 1.82) is 0 Å². The van der Waals surface area contributed by atoms with Crippen LogP contribution in [0.1, 0.15) is 11.1 Å². The minimum absolute atomic E-state index is 0.703. The Bertz CT molecular complexity index is 993. The van der Waals surface area contributed by atoms with Crippen molar-refractivity contribution in [1.82, 2.24) is 0 Å². The molecule has 0 radical (unpaired) electrons. The maximum Gasteiger partial charge on any atom is 0.0645 e. The molecule has 0 unspecified atom stereocenters. The number of hydrogen-bond acceptors (Lipinski definition) is 1. The molecule has 0 heterocycles. The average Bonchev–Trinajstić information content (AvgIpc) is 2.62. The zero-order chi connectivity index (χ0) is 15.5. The van der Waals surface area contributed by atoms with E-state index >= 15 is 0 Å². The van der Waals surface area contributed by atoms with E-state index in [-0.39, 0.29) is 0 Å². The summed E-state index contributed by atoms with van der Waals surface area (Å²) in [6.45, 7) is 0.703. The first kappa shape index (κ1) is 13.7. The van der Waals surface area contributed by atoms with Gasteiger partial charge in [0.15, 0.2) is 0 Å². The normalized spacial score (nSPS) is 11.5. The van der Waals surface area contributed by atoms with Crippen LogP contribution in [-0.4, -0.2) is 6.21 Å². The highest BCUT2D eigenvalue weighted by molar-refractivity contribution is 5.90. The molecule has 0 N–H and O–H groups in total. The maximum atomic E-state index is 4.64. The molecule has 0 fully saturated rings. The highest BCUT2D eigenvalue weighted by Crippen LogP contribution is 2.19. The Morgan fingerprint density at radius 2 is 1.39 bits per heavy atom. The van der Waals surface area contributed by atoms with Crippen molar-refractivity contribution in [2.24, 2.45) is 4.99 Å². The molecule has 0 aliphatic heterocycles. The summed E-state index contributed by atoms with van der Waals surface area (Å²) < 4.78 is 0. The van der Waals surface area contributed by atoms with Gasteiger partial charge in [-0.3, -0.25) is 4.99 Å². The topological polar surface area (TPSA) is 12.4 Å². The number of aliphatic imine (C=N–C) groups is 1. The zero-order valence-corrected chi connectivity index (χ0v) is 12.8. The van der Waals surface area contributed by atoms with E-state index in [1.807, 2.05) is 6.21 Å². The van der Waals surface area contributed by atoms with Crippen molar-refractivity contribution < 1.29 is 0 Å². The van der Waals surface area contributed by atoms with Gasteiger partial charge in [-0.1, -0.05) is 78.9 Å². The van der Waals surface area contributed by atoms with Gasteiger partial charge < -0.3 is 0 Å². The molecule has 0 aromatic heterocycles. The molecule has 4 aromatic rings. The van der Waals surface area contributed by atoms with E-state index in [0.29, 0.717) is 6.54 Å². The molecule has 0 aliphatic rings. The van der Waals surface area contributed by atoms with Crippen molar-refractivity contribution in [3.8, 4) is 0 Å². The van der Waals surface area contributed by atoms with Crippen LogP contribution in [0, 0.1) is 0 Å². The van der Waals surface area contributed by atoms with Gasteiger partial charge >= 0.3 is 0 Å². The third-order valence-electron chi connectivity index (χ3n) is 4.16. The average molecular weight is 295 g/mol. The van der Waals surface area contributed by atoms with E-state index in [2.05, 4.69) is 89.9 Å². The smallest absolute Gasteiger partial charge is 0.0645 e. The molecule has 1 heteroatoms. The monoisotopic (exact) mass is 295 g/mol. The van der Waals surface area contributed by atoms with E-state index in [1.165, 1.54) is 27.1 Å². The molecular formula is C22H17N. The first-order chi connectivity index (χ1) is 11.4. The molecule has 23 heavy (non-hydrogen) atoms. The number of fused-ring (bicyclic) bond motifs is 2. The molecule has 1 nitrogen and oxygen atoms in total. The van der Waals surface area contributed by atoms with Gasteiger partial charge in [0.05, 0.1) is 6.54 Å². The van der Waals surface area contributed by atoms with Crippen LogP contribution in [0.2, 0.25) is 0 Å². The largest absolute Gasteiger partial charge is 0.288 e. The van der Waals surface area contributed by atoms with Crippen molar-refractivity contribution in [3.05, 3.63) is 96.1 Å². The Hall–Kier alpha value is -2.93. The third kappa shape index (κ3) is 2.86. The van der Waals surface area contributed by atoms with Gasteiger partial charge in [0, 0.05) is 6.21 Å². The van der Waals surface area contributed by atoms with Crippen molar-refractivity contribution in [2.75, 3.05) is 0 Å². The molecule has 0 saturated carbocycles.